The lowest BCUT2D eigenvalue weighted by atomic mass is 9.97. The molecule has 3 heteroatoms. The van der Waals surface area contributed by atoms with Crippen LogP contribution < -0.4 is 5.32 Å². The fourth-order valence-corrected chi connectivity index (χ4v) is 3.23. The number of hydrogen-bond donors (Lipinski definition) is 1. The van der Waals surface area contributed by atoms with E-state index < -0.39 is 0 Å². The molecule has 1 aromatic rings. The maximum absolute atomic E-state index is 3.46. The summed E-state index contributed by atoms with van der Waals surface area (Å²) in [5.41, 5.74) is 1.44. The first-order chi connectivity index (χ1) is 9.69. The Morgan fingerprint density at radius 1 is 1.20 bits per heavy atom. The van der Waals surface area contributed by atoms with E-state index in [4.69, 9.17) is 0 Å². The monoisotopic (exact) mass is 292 g/mol. The van der Waals surface area contributed by atoms with Crippen molar-refractivity contribution < 1.29 is 0 Å². The minimum Gasteiger partial charge on any atom is -0.317 e. The zero-order chi connectivity index (χ0) is 14.4. The molecule has 1 fully saturated rings. The molecule has 0 spiro atoms. The van der Waals surface area contributed by atoms with Gasteiger partial charge in [0.15, 0.2) is 0 Å². The summed E-state index contributed by atoms with van der Waals surface area (Å²) >= 11 is 1.81. The summed E-state index contributed by atoms with van der Waals surface area (Å²) in [6.45, 7) is 9.34. The summed E-state index contributed by atoms with van der Waals surface area (Å²) in [5, 5.41) is 3.46. The maximum atomic E-state index is 3.46. The first-order valence-corrected chi connectivity index (χ1v) is 8.99. The summed E-state index contributed by atoms with van der Waals surface area (Å²) in [6.07, 6.45) is 4.79. The number of benzene rings is 1. The highest BCUT2D eigenvalue weighted by molar-refractivity contribution is 7.98. The molecule has 2 nitrogen and oxygen atoms in total. The molecule has 2 rings (SSSR count). The standard InChI is InChI=1S/C17H28N2S/c1-14(2)19(13-16-8-10-18-11-9-16)12-15-4-6-17(20-3)7-5-15/h4-7,14,16,18H,8-13H2,1-3H3. The van der Waals surface area contributed by atoms with Gasteiger partial charge in [-0.2, -0.15) is 0 Å². The van der Waals surface area contributed by atoms with Crippen molar-refractivity contribution in [3.05, 3.63) is 29.8 Å². The van der Waals surface area contributed by atoms with Gasteiger partial charge in [0.2, 0.25) is 0 Å². The Labute approximate surface area is 128 Å². The van der Waals surface area contributed by atoms with Crippen LogP contribution in [0.25, 0.3) is 0 Å². The maximum Gasteiger partial charge on any atom is 0.0236 e. The molecule has 0 unspecified atom stereocenters. The fraction of sp³-hybridized carbons (Fsp3) is 0.647. The quantitative estimate of drug-likeness (QED) is 0.806. The second-order valence-corrected chi connectivity index (χ2v) is 6.94. The van der Waals surface area contributed by atoms with E-state index >= 15 is 0 Å². The molecule has 1 aliphatic rings. The van der Waals surface area contributed by atoms with E-state index in [1.165, 1.54) is 42.9 Å². The molecule has 1 aliphatic heterocycles. The van der Waals surface area contributed by atoms with E-state index in [1.807, 2.05) is 11.8 Å². The third-order valence-corrected chi connectivity index (χ3v) is 4.97. The normalized spacial score (nSPS) is 17.1. The van der Waals surface area contributed by atoms with Crippen LogP contribution in [0.5, 0.6) is 0 Å². The summed E-state index contributed by atoms with van der Waals surface area (Å²) in [4.78, 5) is 3.98. The average molecular weight is 292 g/mol. The third kappa shape index (κ3) is 4.80. The minimum atomic E-state index is 0.616. The van der Waals surface area contributed by atoms with Gasteiger partial charge >= 0.3 is 0 Å². The van der Waals surface area contributed by atoms with Crippen molar-refractivity contribution in [2.45, 2.75) is 44.2 Å². The van der Waals surface area contributed by atoms with Crippen molar-refractivity contribution in [1.82, 2.24) is 10.2 Å². The van der Waals surface area contributed by atoms with E-state index in [-0.39, 0.29) is 0 Å². The van der Waals surface area contributed by atoms with Crippen LogP contribution in [0.3, 0.4) is 0 Å². The largest absolute Gasteiger partial charge is 0.317 e. The van der Waals surface area contributed by atoms with Crippen LogP contribution in [-0.2, 0) is 6.54 Å². The highest BCUT2D eigenvalue weighted by atomic mass is 32.2. The lowest BCUT2D eigenvalue weighted by Gasteiger charge is -2.32. The molecule has 1 saturated heterocycles. The zero-order valence-corrected chi connectivity index (χ0v) is 13.9. The molecule has 0 saturated carbocycles. The summed E-state index contributed by atoms with van der Waals surface area (Å²) in [7, 11) is 0. The van der Waals surface area contributed by atoms with E-state index in [1.54, 1.807) is 0 Å². The lowest BCUT2D eigenvalue weighted by molar-refractivity contribution is 0.162. The smallest absolute Gasteiger partial charge is 0.0236 e. The van der Waals surface area contributed by atoms with Crippen molar-refractivity contribution in [3.8, 4) is 0 Å². The Morgan fingerprint density at radius 3 is 2.40 bits per heavy atom. The molecule has 0 radical (unpaired) electrons. The molecule has 0 bridgehead atoms. The topological polar surface area (TPSA) is 15.3 Å². The molecule has 20 heavy (non-hydrogen) atoms. The second kappa shape index (κ2) is 8.06. The van der Waals surface area contributed by atoms with Crippen molar-refractivity contribution in [2.24, 2.45) is 5.92 Å². The van der Waals surface area contributed by atoms with E-state index in [2.05, 4.69) is 54.6 Å². The van der Waals surface area contributed by atoms with Crippen LogP contribution in [0.2, 0.25) is 0 Å². The number of thioether (sulfide) groups is 1. The van der Waals surface area contributed by atoms with Gasteiger partial charge in [-0.3, -0.25) is 4.90 Å². The lowest BCUT2D eigenvalue weighted by Crippen LogP contribution is -2.39. The van der Waals surface area contributed by atoms with Crippen molar-refractivity contribution in [2.75, 3.05) is 25.9 Å². The second-order valence-electron chi connectivity index (χ2n) is 6.06. The SMILES string of the molecule is CSc1ccc(CN(CC2CCNCC2)C(C)C)cc1. The molecule has 0 amide bonds. The van der Waals surface area contributed by atoms with E-state index in [9.17, 15) is 0 Å². The van der Waals surface area contributed by atoms with Gasteiger partial charge < -0.3 is 5.32 Å². The predicted octanol–water partition coefficient (Wildman–Crippen LogP) is 3.62. The molecule has 0 aliphatic carbocycles. The molecule has 1 aromatic carbocycles. The number of hydrogen-bond acceptors (Lipinski definition) is 3. The van der Waals surface area contributed by atoms with Gasteiger partial charge in [-0.15, -0.1) is 11.8 Å². The Morgan fingerprint density at radius 2 is 1.85 bits per heavy atom. The molecule has 1 N–H and O–H groups in total. The Kier molecular flexibility index (Phi) is 6.40. The Bertz CT molecular complexity index is 382. The van der Waals surface area contributed by atoms with Gasteiger partial charge in [-0.05, 0) is 69.6 Å². The average Bonchev–Trinajstić information content (AvgIpc) is 2.48. The number of nitrogens with one attached hydrogen (secondary N) is 1. The van der Waals surface area contributed by atoms with Crippen LogP contribution in [-0.4, -0.2) is 36.8 Å². The highest BCUT2D eigenvalue weighted by Gasteiger charge is 2.19. The van der Waals surface area contributed by atoms with Crippen LogP contribution >= 0.6 is 11.8 Å². The number of nitrogens with zero attached hydrogens (tertiary/aromatic N) is 1. The Balaban J connectivity index is 1.93. The summed E-state index contributed by atoms with van der Waals surface area (Å²) in [6, 6.07) is 9.66. The third-order valence-electron chi connectivity index (χ3n) is 4.23. The first kappa shape index (κ1) is 15.9. The molecule has 0 aromatic heterocycles. The van der Waals surface area contributed by atoms with Gasteiger partial charge in [0, 0.05) is 24.0 Å². The van der Waals surface area contributed by atoms with Crippen LogP contribution in [0, 0.1) is 5.92 Å². The van der Waals surface area contributed by atoms with Crippen LogP contribution in [0.1, 0.15) is 32.3 Å². The van der Waals surface area contributed by atoms with Crippen LogP contribution in [0.15, 0.2) is 29.2 Å². The van der Waals surface area contributed by atoms with Crippen molar-refractivity contribution in [3.63, 3.8) is 0 Å². The van der Waals surface area contributed by atoms with Gasteiger partial charge in [0.05, 0.1) is 0 Å². The zero-order valence-electron chi connectivity index (χ0n) is 13.1. The fourth-order valence-electron chi connectivity index (χ4n) is 2.82. The predicted molar refractivity (Wildman–Crippen MR) is 89.4 cm³/mol. The number of rotatable bonds is 6. The van der Waals surface area contributed by atoms with Crippen molar-refractivity contribution in [1.29, 1.82) is 0 Å². The summed E-state index contributed by atoms with van der Waals surface area (Å²) < 4.78 is 0. The number of piperidine rings is 1. The molecule has 112 valence electrons. The minimum absolute atomic E-state index is 0.616. The molecular weight excluding hydrogens is 264 g/mol. The van der Waals surface area contributed by atoms with Gasteiger partial charge in [0.1, 0.15) is 0 Å². The van der Waals surface area contributed by atoms with Crippen LogP contribution in [0.4, 0.5) is 0 Å². The van der Waals surface area contributed by atoms with E-state index in [0.717, 1.165) is 12.5 Å². The van der Waals surface area contributed by atoms with Gasteiger partial charge in [-0.1, -0.05) is 12.1 Å². The molecule has 0 atom stereocenters. The Hall–Kier alpha value is -0.510. The molecule has 1 heterocycles. The summed E-state index contributed by atoms with van der Waals surface area (Å²) in [5.74, 6) is 0.865. The van der Waals surface area contributed by atoms with E-state index in [0.29, 0.717) is 6.04 Å². The molecular formula is C17H28N2S. The van der Waals surface area contributed by atoms with Gasteiger partial charge in [0.25, 0.3) is 0 Å². The van der Waals surface area contributed by atoms with Gasteiger partial charge in [-0.25, -0.2) is 0 Å². The first-order valence-electron chi connectivity index (χ1n) is 7.76. The highest BCUT2D eigenvalue weighted by Crippen LogP contribution is 2.19. The van der Waals surface area contributed by atoms with Crippen molar-refractivity contribution >= 4 is 11.8 Å².